The topological polar surface area (TPSA) is 108 Å². The minimum absolute atomic E-state index is 0.0551. The van der Waals surface area contributed by atoms with Crippen molar-refractivity contribution in [1.29, 1.82) is 0 Å². The maximum Gasteiger partial charge on any atom is 0.346 e. The van der Waals surface area contributed by atoms with Gasteiger partial charge in [-0.25, -0.2) is 4.79 Å². The Morgan fingerprint density at radius 3 is 2.03 bits per heavy atom. The Kier molecular flexibility index (Phi) is 10.0. The zero-order valence-electron chi connectivity index (χ0n) is 21.5. The number of hydrogen-bond acceptors (Lipinski definition) is 8. The van der Waals surface area contributed by atoms with E-state index in [-0.39, 0.29) is 35.2 Å². The van der Waals surface area contributed by atoms with E-state index in [0.717, 1.165) is 17.9 Å². The second-order valence-electron chi connectivity index (χ2n) is 9.52. The summed E-state index contributed by atoms with van der Waals surface area (Å²) in [6.45, 7) is 1.76. The summed E-state index contributed by atoms with van der Waals surface area (Å²) in [4.78, 5) is 45.2. The number of amides is 1. The van der Waals surface area contributed by atoms with Crippen LogP contribution in [-0.2, 0) is 37.3 Å². The number of β-lactam (4-membered cyclic amide) rings is 1. The van der Waals surface area contributed by atoms with Crippen molar-refractivity contribution in [2.75, 3.05) is 6.61 Å². The van der Waals surface area contributed by atoms with Crippen LogP contribution in [0.4, 0.5) is 5.69 Å². The zero-order chi connectivity index (χ0) is 27.7. The van der Waals surface area contributed by atoms with Gasteiger partial charge in [0, 0.05) is 29.7 Å². The quantitative estimate of drug-likeness (QED) is 0.0871. The van der Waals surface area contributed by atoms with Crippen LogP contribution in [0.25, 0.3) is 0 Å². The van der Waals surface area contributed by atoms with Gasteiger partial charge >= 0.3 is 5.97 Å². The molecule has 1 aliphatic rings. The predicted octanol–water partition coefficient (Wildman–Crippen LogP) is 5.70. The van der Waals surface area contributed by atoms with E-state index in [0.29, 0.717) is 5.56 Å². The summed E-state index contributed by atoms with van der Waals surface area (Å²) in [6.07, 6.45) is 0.635. The van der Waals surface area contributed by atoms with Crippen molar-refractivity contribution in [3.8, 4) is 0 Å². The van der Waals surface area contributed by atoms with Gasteiger partial charge in [-0.05, 0) is 30.0 Å². The van der Waals surface area contributed by atoms with Gasteiger partial charge in [0.05, 0.1) is 21.3 Å². The molecule has 204 valence electrons. The smallest absolute Gasteiger partial charge is 0.346 e. The molecule has 39 heavy (non-hydrogen) atoms. The van der Waals surface area contributed by atoms with E-state index < -0.39 is 16.3 Å². The number of rotatable bonds is 14. The third-order valence-corrected chi connectivity index (χ3v) is 9.53. The van der Waals surface area contributed by atoms with Crippen molar-refractivity contribution in [2.24, 2.45) is 5.41 Å². The van der Waals surface area contributed by atoms with Crippen LogP contribution in [0.5, 0.6) is 0 Å². The van der Waals surface area contributed by atoms with Crippen LogP contribution in [0.2, 0.25) is 0 Å². The molecular formula is C29H30N2O6S2. The van der Waals surface area contributed by atoms with Crippen molar-refractivity contribution in [3.63, 3.8) is 0 Å². The Morgan fingerprint density at radius 1 is 0.949 bits per heavy atom. The SMILES string of the molecule is CC1(COOC(=O)Cc2ccc([N+](=O)[O-])cc2)C(=O)NC1CC(SCc1ccccc1)SCc1ccccc1. The van der Waals surface area contributed by atoms with Crippen LogP contribution < -0.4 is 5.32 Å². The monoisotopic (exact) mass is 566 g/mol. The van der Waals surface area contributed by atoms with Crippen LogP contribution in [-0.4, -0.2) is 34.0 Å². The minimum atomic E-state index is -0.827. The normalized spacial score (nSPS) is 18.3. The summed E-state index contributed by atoms with van der Waals surface area (Å²) >= 11 is 3.70. The highest BCUT2D eigenvalue weighted by Gasteiger charge is 2.52. The van der Waals surface area contributed by atoms with Crippen molar-refractivity contribution >= 4 is 41.1 Å². The molecule has 2 atom stereocenters. The molecule has 8 nitrogen and oxygen atoms in total. The average molecular weight is 567 g/mol. The zero-order valence-corrected chi connectivity index (χ0v) is 23.1. The number of nitrogens with zero attached hydrogens (tertiary/aromatic N) is 1. The summed E-state index contributed by atoms with van der Waals surface area (Å²) in [5, 5.41) is 13.8. The highest BCUT2D eigenvalue weighted by molar-refractivity contribution is 8.16. The number of hydrogen-bond donors (Lipinski definition) is 1. The van der Waals surface area contributed by atoms with E-state index in [9.17, 15) is 19.7 Å². The lowest BCUT2D eigenvalue weighted by atomic mass is 9.74. The van der Waals surface area contributed by atoms with E-state index in [2.05, 4.69) is 29.6 Å². The van der Waals surface area contributed by atoms with Crippen LogP contribution in [0.1, 0.15) is 30.0 Å². The molecule has 1 heterocycles. The maximum absolute atomic E-state index is 12.6. The Hall–Kier alpha value is -3.34. The van der Waals surface area contributed by atoms with Crippen molar-refractivity contribution < 1.29 is 24.3 Å². The Balaban J connectivity index is 1.30. The van der Waals surface area contributed by atoms with Gasteiger partial charge in [-0.2, -0.15) is 4.89 Å². The molecule has 0 bridgehead atoms. The number of carbonyl (C=O) groups is 2. The van der Waals surface area contributed by atoms with Gasteiger partial charge in [0.15, 0.2) is 0 Å². The first kappa shape index (κ1) is 28.7. The second-order valence-corrected chi connectivity index (χ2v) is 12.2. The number of nitro groups is 1. The molecule has 1 saturated heterocycles. The van der Waals surface area contributed by atoms with E-state index >= 15 is 0 Å². The number of non-ortho nitro benzene ring substituents is 1. The van der Waals surface area contributed by atoms with Crippen LogP contribution >= 0.6 is 23.5 Å². The fraction of sp³-hybridized carbons (Fsp3) is 0.310. The fourth-order valence-electron chi connectivity index (χ4n) is 4.10. The summed E-state index contributed by atoms with van der Waals surface area (Å²) in [5.74, 6) is 0.945. The van der Waals surface area contributed by atoms with E-state index in [4.69, 9.17) is 9.78 Å². The summed E-state index contributed by atoms with van der Waals surface area (Å²) in [7, 11) is 0. The van der Waals surface area contributed by atoms with E-state index in [1.165, 1.54) is 35.4 Å². The molecule has 4 rings (SSSR count). The van der Waals surface area contributed by atoms with E-state index in [1.807, 2.05) is 66.8 Å². The molecule has 1 fully saturated rings. The number of nitrogens with one attached hydrogen (secondary N) is 1. The van der Waals surface area contributed by atoms with Crippen LogP contribution in [0, 0.1) is 15.5 Å². The average Bonchev–Trinajstić information content (AvgIpc) is 2.95. The van der Waals surface area contributed by atoms with Gasteiger partial charge in [-0.15, -0.1) is 23.5 Å². The molecule has 0 spiro atoms. The molecule has 0 radical (unpaired) electrons. The largest absolute Gasteiger partial charge is 0.352 e. The lowest BCUT2D eigenvalue weighted by Gasteiger charge is -2.46. The van der Waals surface area contributed by atoms with Gasteiger partial charge in [0.1, 0.15) is 6.61 Å². The minimum Gasteiger partial charge on any atom is -0.352 e. The first-order valence-corrected chi connectivity index (χ1v) is 14.6. The van der Waals surface area contributed by atoms with E-state index in [1.54, 1.807) is 0 Å². The first-order valence-electron chi connectivity index (χ1n) is 12.5. The molecule has 3 aromatic rings. The Labute approximate surface area is 235 Å². The summed E-state index contributed by atoms with van der Waals surface area (Å²) in [5.41, 5.74) is 2.17. The third kappa shape index (κ3) is 8.08. The number of benzene rings is 3. The lowest BCUT2D eigenvalue weighted by molar-refractivity contribution is -0.384. The molecule has 1 N–H and O–H groups in total. The third-order valence-electron chi connectivity index (χ3n) is 6.58. The lowest BCUT2D eigenvalue weighted by Crippen LogP contribution is -2.68. The maximum atomic E-state index is 12.6. The van der Waals surface area contributed by atoms with Crippen LogP contribution in [0.15, 0.2) is 84.9 Å². The number of nitro benzene ring substituents is 1. The fourth-order valence-corrected chi connectivity index (χ4v) is 6.69. The molecule has 1 aliphatic heterocycles. The summed E-state index contributed by atoms with van der Waals surface area (Å²) in [6, 6.07) is 26.1. The van der Waals surface area contributed by atoms with Gasteiger partial charge < -0.3 is 5.32 Å². The standard InChI is InChI=1S/C29H30N2O6S2/c1-29(20-36-37-26(32)16-21-12-14-24(15-13-21)31(34)35)25(30-28(29)33)17-27(38-18-22-8-4-2-5-9-22)39-19-23-10-6-3-7-11-23/h2-15,25,27H,16-20H2,1H3,(H,30,33). The molecule has 2 unspecified atom stereocenters. The first-order chi connectivity index (χ1) is 18.8. The number of thioether (sulfide) groups is 2. The van der Waals surface area contributed by atoms with Gasteiger partial charge in [-0.3, -0.25) is 19.8 Å². The molecule has 3 aromatic carbocycles. The van der Waals surface area contributed by atoms with Gasteiger partial charge in [0.2, 0.25) is 5.91 Å². The van der Waals surface area contributed by atoms with Gasteiger partial charge in [-0.1, -0.05) is 72.8 Å². The Morgan fingerprint density at radius 2 is 1.51 bits per heavy atom. The molecular weight excluding hydrogens is 536 g/mol. The summed E-state index contributed by atoms with van der Waals surface area (Å²) < 4.78 is 0.222. The highest BCUT2D eigenvalue weighted by atomic mass is 32.2. The van der Waals surface area contributed by atoms with Crippen molar-refractivity contribution in [1.82, 2.24) is 5.32 Å². The predicted molar refractivity (Wildman–Crippen MR) is 153 cm³/mol. The molecule has 1 amide bonds. The molecule has 0 saturated carbocycles. The van der Waals surface area contributed by atoms with Gasteiger partial charge in [0.25, 0.3) is 5.69 Å². The molecule has 0 aromatic heterocycles. The number of carbonyl (C=O) groups excluding carboxylic acids is 2. The van der Waals surface area contributed by atoms with Crippen molar-refractivity contribution in [3.05, 3.63) is 112 Å². The molecule has 10 heteroatoms. The second kappa shape index (κ2) is 13.6. The van der Waals surface area contributed by atoms with Crippen molar-refractivity contribution in [2.45, 2.75) is 41.9 Å². The Bertz CT molecular complexity index is 1220. The van der Waals surface area contributed by atoms with Crippen LogP contribution in [0.3, 0.4) is 0 Å². The highest BCUT2D eigenvalue weighted by Crippen LogP contribution is 2.40. The molecule has 0 aliphatic carbocycles.